The highest BCUT2D eigenvalue weighted by Gasteiger charge is 2.37. The van der Waals surface area contributed by atoms with Gasteiger partial charge in [0.15, 0.2) is 5.69 Å². The number of hydrogen-bond acceptors (Lipinski definition) is 3. The molecular formula is C19H24N4O. The first-order chi connectivity index (χ1) is 11.4. The lowest BCUT2D eigenvalue weighted by atomic mass is 9.83. The molecule has 2 aliphatic rings. The Balaban J connectivity index is 1.60. The number of carbonyl (C=O) groups is 1. The maximum atomic E-state index is 13.0. The Hall–Kier alpha value is -2.17. The monoisotopic (exact) mass is 324 g/mol. The highest BCUT2D eigenvalue weighted by molar-refractivity contribution is 5.92. The molecule has 1 amide bonds. The smallest absolute Gasteiger partial charge is 0.276 e. The molecule has 1 aliphatic carbocycles. The zero-order valence-electron chi connectivity index (χ0n) is 14.6. The predicted octanol–water partition coefficient (Wildman–Crippen LogP) is 2.97. The van der Waals surface area contributed by atoms with Gasteiger partial charge in [-0.15, -0.1) is 5.10 Å². The van der Waals surface area contributed by atoms with Crippen molar-refractivity contribution in [2.24, 2.45) is 5.92 Å². The third-order valence-corrected chi connectivity index (χ3v) is 5.32. The normalized spacial score (nSPS) is 19.2. The van der Waals surface area contributed by atoms with Crippen LogP contribution < -0.4 is 0 Å². The molecule has 1 aliphatic heterocycles. The molecule has 0 bridgehead atoms. The van der Waals surface area contributed by atoms with E-state index in [1.165, 1.54) is 29.5 Å². The van der Waals surface area contributed by atoms with Crippen LogP contribution in [0.5, 0.6) is 0 Å². The third kappa shape index (κ3) is 2.72. The summed E-state index contributed by atoms with van der Waals surface area (Å²) >= 11 is 0. The van der Waals surface area contributed by atoms with Gasteiger partial charge in [-0.1, -0.05) is 23.4 Å². The second kappa shape index (κ2) is 5.43. The van der Waals surface area contributed by atoms with Gasteiger partial charge in [-0.05, 0) is 62.6 Å². The average molecular weight is 324 g/mol. The van der Waals surface area contributed by atoms with Crippen molar-refractivity contribution in [2.45, 2.75) is 58.7 Å². The number of benzene rings is 1. The lowest BCUT2D eigenvalue weighted by molar-refractivity contribution is 0.0481. The number of nitrogens with zero attached hydrogens (tertiary/aromatic N) is 4. The number of rotatable bonds is 3. The molecule has 0 unspecified atom stereocenters. The number of carbonyl (C=O) groups excluding carboxylic acids is 1. The molecule has 4 rings (SSSR count). The summed E-state index contributed by atoms with van der Waals surface area (Å²) in [6, 6.07) is 6.35. The fourth-order valence-electron chi connectivity index (χ4n) is 3.61. The Morgan fingerprint density at radius 2 is 2.12 bits per heavy atom. The topological polar surface area (TPSA) is 51.0 Å². The zero-order valence-corrected chi connectivity index (χ0v) is 14.6. The quantitative estimate of drug-likeness (QED) is 0.872. The average Bonchev–Trinajstić information content (AvgIpc) is 3.22. The van der Waals surface area contributed by atoms with Crippen molar-refractivity contribution in [1.82, 2.24) is 19.9 Å². The summed E-state index contributed by atoms with van der Waals surface area (Å²) in [5, 5.41) is 8.27. The molecular weight excluding hydrogens is 300 g/mol. The second-order valence-electron chi connectivity index (χ2n) is 7.86. The summed E-state index contributed by atoms with van der Waals surface area (Å²) in [4.78, 5) is 15.0. The molecule has 0 N–H and O–H groups in total. The van der Waals surface area contributed by atoms with Crippen molar-refractivity contribution >= 4 is 5.91 Å². The van der Waals surface area contributed by atoms with E-state index in [4.69, 9.17) is 0 Å². The van der Waals surface area contributed by atoms with Crippen LogP contribution in [0.1, 0.15) is 53.9 Å². The van der Waals surface area contributed by atoms with Crippen molar-refractivity contribution < 1.29 is 4.79 Å². The fourth-order valence-corrected chi connectivity index (χ4v) is 3.61. The molecule has 2 heterocycles. The lowest BCUT2D eigenvalue weighted by Crippen LogP contribution is -2.51. The Morgan fingerprint density at radius 1 is 1.33 bits per heavy atom. The van der Waals surface area contributed by atoms with Gasteiger partial charge in [0.25, 0.3) is 5.91 Å². The van der Waals surface area contributed by atoms with Crippen LogP contribution in [0, 0.1) is 12.8 Å². The van der Waals surface area contributed by atoms with Gasteiger partial charge in [0, 0.05) is 18.6 Å². The largest absolute Gasteiger partial charge is 0.327 e. The van der Waals surface area contributed by atoms with E-state index < -0.39 is 0 Å². The maximum absolute atomic E-state index is 13.0. The van der Waals surface area contributed by atoms with Crippen LogP contribution in [-0.4, -0.2) is 31.3 Å². The van der Waals surface area contributed by atoms with Gasteiger partial charge in [-0.3, -0.25) is 9.48 Å². The van der Waals surface area contributed by atoms with Crippen molar-refractivity contribution in [3.63, 3.8) is 0 Å². The van der Waals surface area contributed by atoms with Crippen molar-refractivity contribution in [2.75, 3.05) is 0 Å². The Labute approximate surface area is 142 Å². The first-order valence-electron chi connectivity index (χ1n) is 8.73. The van der Waals surface area contributed by atoms with Gasteiger partial charge in [0.1, 0.15) is 0 Å². The summed E-state index contributed by atoms with van der Waals surface area (Å²) in [5.74, 6) is 0.699. The van der Waals surface area contributed by atoms with Crippen LogP contribution in [0.2, 0.25) is 0 Å². The first kappa shape index (κ1) is 15.4. The van der Waals surface area contributed by atoms with Crippen LogP contribution in [0.25, 0.3) is 0 Å². The van der Waals surface area contributed by atoms with Crippen molar-refractivity contribution in [3.05, 3.63) is 46.8 Å². The second-order valence-corrected chi connectivity index (χ2v) is 7.86. The third-order valence-electron chi connectivity index (χ3n) is 5.32. The van der Waals surface area contributed by atoms with Crippen LogP contribution >= 0.6 is 0 Å². The highest BCUT2D eigenvalue weighted by atomic mass is 16.2. The molecule has 1 aromatic heterocycles. The minimum atomic E-state index is -0.226. The molecule has 5 heteroatoms. The number of amides is 1. The lowest BCUT2D eigenvalue weighted by Gasteiger charge is -2.43. The SMILES string of the molecule is Cc1cccc2c1CC(C)(C)N(C(=O)c1cn(CC3CC3)nn1)C2. The molecule has 5 nitrogen and oxygen atoms in total. The first-order valence-corrected chi connectivity index (χ1v) is 8.73. The summed E-state index contributed by atoms with van der Waals surface area (Å²) in [6.07, 6.45) is 5.20. The van der Waals surface area contributed by atoms with Crippen LogP contribution in [0.15, 0.2) is 24.4 Å². The van der Waals surface area contributed by atoms with Crippen LogP contribution in [0.3, 0.4) is 0 Å². The minimum Gasteiger partial charge on any atom is -0.327 e. The van der Waals surface area contributed by atoms with Crippen LogP contribution in [-0.2, 0) is 19.5 Å². The van der Waals surface area contributed by atoms with E-state index in [0.717, 1.165) is 18.9 Å². The molecule has 1 aromatic carbocycles. The molecule has 0 radical (unpaired) electrons. The van der Waals surface area contributed by atoms with E-state index in [1.54, 1.807) is 0 Å². The number of hydrogen-bond donors (Lipinski definition) is 0. The zero-order chi connectivity index (χ0) is 16.9. The Kier molecular flexibility index (Phi) is 3.48. The maximum Gasteiger partial charge on any atom is 0.276 e. The molecule has 0 atom stereocenters. The van der Waals surface area contributed by atoms with E-state index in [2.05, 4.69) is 49.3 Å². The van der Waals surface area contributed by atoms with Crippen molar-refractivity contribution in [3.8, 4) is 0 Å². The molecule has 0 saturated heterocycles. The summed E-state index contributed by atoms with van der Waals surface area (Å²) < 4.78 is 1.82. The van der Waals surface area contributed by atoms with Crippen molar-refractivity contribution in [1.29, 1.82) is 0 Å². The minimum absolute atomic E-state index is 0.0193. The number of aryl methyl sites for hydroxylation is 1. The van der Waals surface area contributed by atoms with E-state index in [0.29, 0.717) is 12.2 Å². The molecule has 2 aromatic rings. The molecule has 0 spiro atoms. The summed E-state index contributed by atoms with van der Waals surface area (Å²) in [5.41, 5.74) is 4.16. The van der Waals surface area contributed by atoms with Gasteiger partial charge in [-0.25, -0.2) is 0 Å². The summed E-state index contributed by atoms with van der Waals surface area (Å²) in [6.45, 7) is 7.93. The van der Waals surface area contributed by atoms with E-state index in [1.807, 2.05) is 15.8 Å². The van der Waals surface area contributed by atoms with Gasteiger partial charge >= 0.3 is 0 Å². The standard InChI is InChI=1S/C19H24N4O/c1-13-5-4-6-15-11-23(19(2,3)9-16(13)15)18(24)17-12-22(21-20-17)10-14-7-8-14/h4-6,12,14H,7-11H2,1-3H3. The fraction of sp³-hybridized carbons (Fsp3) is 0.526. The van der Waals surface area contributed by atoms with Gasteiger partial charge in [0.2, 0.25) is 0 Å². The molecule has 24 heavy (non-hydrogen) atoms. The summed E-state index contributed by atoms with van der Waals surface area (Å²) in [7, 11) is 0. The van der Waals surface area contributed by atoms with Gasteiger partial charge in [0.05, 0.1) is 6.20 Å². The van der Waals surface area contributed by atoms with E-state index in [-0.39, 0.29) is 11.4 Å². The van der Waals surface area contributed by atoms with Crippen LogP contribution in [0.4, 0.5) is 0 Å². The van der Waals surface area contributed by atoms with Gasteiger partial charge in [-0.2, -0.15) is 0 Å². The highest BCUT2D eigenvalue weighted by Crippen LogP contribution is 2.33. The number of aromatic nitrogens is 3. The van der Waals surface area contributed by atoms with Gasteiger partial charge < -0.3 is 4.90 Å². The van der Waals surface area contributed by atoms with E-state index in [9.17, 15) is 4.79 Å². The molecule has 1 fully saturated rings. The number of fused-ring (bicyclic) bond motifs is 1. The molecule has 1 saturated carbocycles. The Bertz CT molecular complexity index is 788. The predicted molar refractivity (Wildman–Crippen MR) is 91.6 cm³/mol. The van der Waals surface area contributed by atoms with E-state index >= 15 is 0 Å². The molecule has 126 valence electrons. The Morgan fingerprint density at radius 3 is 2.88 bits per heavy atom.